The van der Waals surface area contributed by atoms with Gasteiger partial charge in [-0.15, -0.1) is 0 Å². The summed E-state index contributed by atoms with van der Waals surface area (Å²) in [5.74, 6) is 0.293. The summed E-state index contributed by atoms with van der Waals surface area (Å²) in [6, 6.07) is 17.9. The highest BCUT2D eigenvalue weighted by Crippen LogP contribution is 2.22. The Hall–Kier alpha value is -3.03. The van der Waals surface area contributed by atoms with Gasteiger partial charge in [-0.25, -0.2) is 4.68 Å². The fraction of sp³-hybridized carbons (Fsp3) is 0.227. The zero-order valence-electron chi connectivity index (χ0n) is 16.7. The summed E-state index contributed by atoms with van der Waals surface area (Å²) in [4.78, 5) is 29.0. The Morgan fingerprint density at radius 3 is 2.42 bits per heavy atom. The van der Waals surface area contributed by atoms with Crippen LogP contribution in [0.2, 0.25) is 10.0 Å². The smallest absolute Gasteiger partial charge is 0.267 e. The quantitative estimate of drug-likeness (QED) is 0.634. The molecule has 1 aliphatic heterocycles. The first-order valence-electron chi connectivity index (χ1n) is 9.87. The summed E-state index contributed by atoms with van der Waals surface area (Å²) >= 11 is 12.2. The van der Waals surface area contributed by atoms with E-state index in [4.69, 9.17) is 23.2 Å². The molecule has 1 fully saturated rings. The molecule has 1 saturated heterocycles. The first-order chi connectivity index (χ1) is 15.0. The van der Waals surface area contributed by atoms with Crippen LogP contribution in [0.25, 0.3) is 0 Å². The molecule has 160 valence electrons. The van der Waals surface area contributed by atoms with Crippen molar-refractivity contribution in [3.8, 4) is 0 Å². The van der Waals surface area contributed by atoms with Crippen LogP contribution < -0.4 is 20.7 Å². The number of hydrogen-bond acceptors (Lipinski definition) is 5. The predicted molar refractivity (Wildman–Crippen MR) is 124 cm³/mol. The van der Waals surface area contributed by atoms with Crippen LogP contribution >= 0.6 is 23.2 Å². The molecule has 1 N–H and O–H groups in total. The third-order valence-electron chi connectivity index (χ3n) is 5.07. The summed E-state index contributed by atoms with van der Waals surface area (Å²) in [5.41, 5.74) is 1.24. The molecule has 0 bridgehead atoms. The third-order valence-corrected chi connectivity index (χ3v) is 5.64. The second-order valence-corrected chi connectivity index (χ2v) is 8.01. The van der Waals surface area contributed by atoms with E-state index < -0.39 is 0 Å². The lowest BCUT2D eigenvalue weighted by Gasteiger charge is -2.36. The van der Waals surface area contributed by atoms with Crippen LogP contribution in [-0.4, -0.2) is 41.9 Å². The lowest BCUT2D eigenvalue weighted by molar-refractivity contribution is -0.117. The van der Waals surface area contributed by atoms with Crippen LogP contribution in [0.4, 0.5) is 17.2 Å². The van der Waals surface area contributed by atoms with Gasteiger partial charge in [-0.3, -0.25) is 9.59 Å². The number of hydrogen-bond donors (Lipinski definition) is 1. The van der Waals surface area contributed by atoms with Crippen molar-refractivity contribution >= 4 is 46.3 Å². The second-order valence-electron chi connectivity index (χ2n) is 7.17. The molecule has 2 heterocycles. The van der Waals surface area contributed by atoms with Gasteiger partial charge in [-0.05, 0) is 36.4 Å². The zero-order chi connectivity index (χ0) is 21.8. The van der Waals surface area contributed by atoms with Crippen molar-refractivity contribution in [2.45, 2.75) is 6.54 Å². The van der Waals surface area contributed by atoms with E-state index in [1.807, 2.05) is 24.3 Å². The van der Waals surface area contributed by atoms with Gasteiger partial charge in [0.25, 0.3) is 5.56 Å². The number of benzene rings is 2. The lowest BCUT2D eigenvalue weighted by Crippen LogP contribution is -2.47. The minimum Gasteiger partial charge on any atom is -0.368 e. The monoisotopic (exact) mass is 457 g/mol. The molecule has 0 aliphatic carbocycles. The summed E-state index contributed by atoms with van der Waals surface area (Å²) in [6.45, 7) is 2.88. The Bertz CT molecular complexity index is 1140. The van der Waals surface area contributed by atoms with Crippen molar-refractivity contribution in [1.29, 1.82) is 0 Å². The largest absolute Gasteiger partial charge is 0.368 e. The van der Waals surface area contributed by atoms with Crippen molar-refractivity contribution in [1.82, 2.24) is 9.78 Å². The van der Waals surface area contributed by atoms with Gasteiger partial charge >= 0.3 is 0 Å². The zero-order valence-corrected chi connectivity index (χ0v) is 18.2. The summed E-state index contributed by atoms with van der Waals surface area (Å²) in [6.07, 6.45) is 0. The first-order valence-corrected chi connectivity index (χ1v) is 10.6. The maximum atomic E-state index is 12.4. The van der Waals surface area contributed by atoms with Crippen LogP contribution in [0.1, 0.15) is 0 Å². The fourth-order valence-corrected chi connectivity index (χ4v) is 3.84. The molecule has 4 rings (SSSR count). The molecule has 1 amide bonds. The SMILES string of the molecule is O=C(Cn1nc(N2CCN(c3cccc(Cl)c3)CC2)ccc1=O)Nc1ccccc1Cl. The van der Waals surface area contributed by atoms with Gasteiger partial charge in [0.2, 0.25) is 5.91 Å². The van der Waals surface area contributed by atoms with Crippen LogP contribution in [0, 0.1) is 0 Å². The highest BCUT2D eigenvalue weighted by atomic mass is 35.5. The topological polar surface area (TPSA) is 70.5 Å². The second kappa shape index (κ2) is 9.41. The fourth-order valence-electron chi connectivity index (χ4n) is 3.47. The molecule has 0 atom stereocenters. The molecule has 7 nitrogen and oxygen atoms in total. The number of piperazine rings is 1. The Kier molecular flexibility index (Phi) is 6.44. The molecule has 0 radical (unpaired) electrons. The van der Waals surface area contributed by atoms with Crippen molar-refractivity contribution in [2.75, 3.05) is 41.3 Å². The molecule has 1 aromatic heterocycles. The number of carbonyl (C=O) groups excluding carboxylic acids is 1. The number of halogens is 2. The molecular formula is C22H21Cl2N5O2. The Labute approximate surface area is 189 Å². The Balaban J connectivity index is 1.41. The number of nitrogens with one attached hydrogen (secondary N) is 1. The van der Waals surface area contributed by atoms with Gasteiger partial charge in [0.05, 0.1) is 10.7 Å². The van der Waals surface area contributed by atoms with E-state index in [-0.39, 0.29) is 18.0 Å². The van der Waals surface area contributed by atoms with E-state index in [2.05, 4.69) is 20.2 Å². The Morgan fingerprint density at radius 1 is 0.935 bits per heavy atom. The number of aromatic nitrogens is 2. The predicted octanol–water partition coefficient (Wildman–Crippen LogP) is 3.52. The van der Waals surface area contributed by atoms with Gasteiger partial charge < -0.3 is 15.1 Å². The van der Waals surface area contributed by atoms with E-state index in [1.54, 1.807) is 30.3 Å². The van der Waals surface area contributed by atoms with Crippen molar-refractivity contribution < 1.29 is 4.79 Å². The molecule has 2 aromatic carbocycles. The van der Waals surface area contributed by atoms with Gasteiger partial charge in [0, 0.05) is 43.0 Å². The maximum absolute atomic E-state index is 12.4. The van der Waals surface area contributed by atoms with Crippen LogP contribution in [-0.2, 0) is 11.3 Å². The molecular weight excluding hydrogens is 437 g/mol. The highest BCUT2D eigenvalue weighted by Gasteiger charge is 2.19. The van der Waals surface area contributed by atoms with Gasteiger partial charge in [-0.1, -0.05) is 41.4 Å². The minimum atomic E-state index is -0.370. The molecule has 0 spiro atoms. The molecule has 0 unspecified atom stereocenters. The number of rotatable bonds is 5. The number of amides is 1. The van der Waals surface area contributed by atoms with Gasteiger partial charge in [0.15, 0.2) is 0 Å². The van der Waals surface area contributed by atoms with Gasteiger partial charge in [0.1, 0.15) is 12.4 Å². The number of anilines is 3. The highest BCUT2D eigenvalue weighted by molar-refractivity contribution is 6.33. The lowest BCUT2D eigenvalue weighted by atomic mass is 10.2. The number of para-hydroxylation sites is 1. The molecule has 3 aromatic rings. The molecule has 31 heavy (non-hydrogen) atoms. The van der Waals surface area contributed by atoms with E-state index in [0.29, 0.717) is 21.6 Å². The van der Waals surface area contributed by atoms with Crippen molar-refractivity contribution in [3.05, 3.63) is 81.1 Å². The summed E-state index contributed by atoms with van der Waals surface area (Å²) in [7, 11) is 0. The summed E-state index contributed by atoms with van der Waals surface area (Å²) in [5, 5.41) is 8.26. The van der Waals surface area contributed by atoms with Crippen LogP contribution in [0.15, 0.2) is 65.5 Å². The first kappa shape index (κ1) is 21.2. The van der Waals surface area contributed by atoms with E-state index in [0.717, 1.165) is 31.9 Å². The van der Waals surface area contributed by atoms with E-state index >= 15 is 0 Å². The average molecular weight is 458 g/mol. The molecule has 1 aliphatic rings. The standard InChI is InChI=1S/C22H21Cl2N5O2/c23-16-4-3-5-17(14-16)27-10-12-28(13-11-27)20-8-9-22(31)29(26-20)15-21(30)25-19-7-2-1-6-18(19)24/h1-9,14H,10-13,15H2,(H,25,30). The minimum absolute atomic E-state index is 0.194. The maximum Gasteiger partial charge on any atom is 0.267 e. The average Bonchev–Trinajstić information content (AvgIpc) is 2.77. The van der Waals surface area contributed by atoms with Crippen molar-refractivity contribution in [2.24, 2.45) is 0 Å². The number of carbonyl (C=O) groups is 1. The van der Waals surface area contributed by atoms with Crippen molar-refractivity contribution in [3.63, 3.8) is 0 Å². The van der Waals surface area contributed by atoms with Gasteiger partial charge in [-0.2, -0.15) is 5.10 Å². The van der Waals surface area contributed by atoms with E-state index in [9.17, 15) is 9.59 Å². The number of nitrogens with zero attached hydrogens (tertiary/aromatic N) is 4. The Morgan fingerprint density at radius 2 is 1.68 bits per heavy atom. The van der Waals surface area contributed by atoms with Crippen LogP contribution in [0.3, 0.4) is 0 Å². The third kappa shape index (κ3) is 5.18. The summed E-state index contributed by atoms with van der Waals surface area (Å²) < 4.78 is 1.17. The van der Waals surface area contributed by atoms with Crippen LogP contribution in [0.5, 0.6) is 0 Å². The van der Waals surface area contributed by atoms with E-state index in [1.165, 1.54) is 10.7 Å². The molecule has 9 heteroatoms. The normalized spacial score (nSPS) is 13.9. The molecule has 0 saturated carbocycles.